The van der Waals surface area contributed by atoms with Gasteiger partial charge < -0.3 is 20.3 Å². The summed E-state index contributed by atoms with van der Waals surface area (Å²) in [5.74, 6) is -0.958. The van der Waals surface area contributed by atoms with Gasteiger partial charge in [0, 0.05) is 56.1 Å². The van der Waals surface area contributed by atoms with Crippen molar-refractivity contribution < 1.29 is 28.7 Å². The van der Waals surface area contributed by atoms with Gasteiger partial charge in [-0.2, -0.15) is 0 Å². The maximum atomic E-state index is 13.4. The van der Waals surface area contributed by atoms with Crippen LogP contribution in [0.3, 0.4) is 0 Å². The van der Waals surface area contributed by atoms with Crippen LogP contribution in [0, 0.1) is 5.92 Å². The number of aromatic nitrogens is 2. The molecule has 1 saturated carbocycles. The van der Waals surface area contributed by atoms with Crippen molar-refractivity contribution in [3.8, 4) is 5.75 Å². The Kier molecular flexibility index (Phi) is 10.2. The lowest BCUT2D eigenvalue weighted by Gasteiger charge is -2.30. The van der Waals surface area contributed by atoms with Crippen LogP contribution in [0.1, 0.15) is 80.5 Å². The molecule has 2 aromatic heterocycles. The van der Waals surface area contributed by atoms with E-state index in [-0.39, 0.29) is 29.9 Å². The van der Waals surface area contributed by atoms with Crippen molar-refractivity contribution >= 4 is 74.1 Å². The molecule has 0 bridgehead atoms. The summed E-state index contributed by atoms with van der Waals surface area (Å²) >= 11 is 7.67. The predicted molar refractivity (Wildman–Crippen MR) is 197 cm³/mol. The number of imide groups is 2. The van der Waals surface area contributed by atoms with E-state index in [1.54, 1.807) is 42.7 Å². The quantitative estimate of drug-likeness (QED) is 0.171. The number of ether oxygens (including phenoxy) is 1. The number of nitrogens with zero attached hydrogens (tertiary/aromatic N) is 4. The monoisotopic (exact) mass is 743 g/mol. The molecule has 4 heterocycles. The molecule has 15 heteroatoms. The van der Waals surface area contributed by atoms with Crippen LogP contribution in [0.4, 0.5) is 11.4 Å². The summed E-state index contributed by atoms with van der Waals surface area (Å²) in [6.07, 6.45) is 7.37. The number of anilines is 2. The second-order valence-electron chi connectivity index (χ2n) is 13.5. The molecule has 4 aromatic rings. The van der Waals surface area contributed by atoms with Crippen LogP contribution in [-0.4, -0.2) is 89.1 Å². The number of benzene rings is 2. The Bertz CT molecular complexity index is 2080. The Labute approximate surface area is 309 Å². The number of thiazole rings is 1. The van der Waals surface area contributed by atoms with Crippen LogP contribution < -0.4 is 20.7 Å². The third-order valence-corrected chi connectivity index (χ3v) is 11.4. The fourth-order valence-electron chi connectivity index (χ4n) is 7.31. The van der Waals surface area contributed by atoms with E-state index in [1.165, 1.54) is 12.4 Å². The number of fused-ring (bicyclic) bond motifs is 2. The smallest absolute Gasteiger partial charge is 0.264 e. The number of piperidine rings is 1. The minimum Gasteiger partial charge on any atom is -0.494 e. The Morgan fingerprint density at radius 3 is 2.62 bits per heavy atom. The van der Waals surface area contributed by atoms with Crippen molar-refractivity contribution in [2.45, 2.75) is 50.5 Å². The van der Waals surface area contributed by atoms with Crippen molar-refractivity contribution in [3.05, 3.63) is 75.5 Å². The minimum atomic E-state index is -0.997. The third kappa shape index (κ3) is 7.23. The minimum absolute atomic E-state index is 0.0779. The van der Waals surface area contributed by atoms with Gasteiger partial charge in [0.05, 0.1) is 49.7 Å². The molecule has 2 fully saturated rings. The number of likely N-dealkylation sites (N-methyl/N-ethyl adjacent to an activating group) is 1. The predicted octanol–water partition coefficient (Wildman–Crippen LogP) is 5.32. The standard InChI is InChI=1S/C37H38ClN7O6S/c1-44(13-12-40-25-5-3-4-24-32(25)37(50)45(36(24)49)28-10-11-31(46)43-34(28)48)19-20-6-8-21(9-7-20)35-42-27-15-29(51-2)26(16-30(27)52-35)41-33(47)22-14-23(38)18-39-17-22/h3-5,14-18,20-21,28,40H,6-13,19H2,1-2H3,(H,41,47)(H,43,46,48). The second kappa shape index (κ2) is 15.0. The van der Waals surface area contributed by atoms with Crippen LogP contribution >= 0.6 is 22.9 Å². The molecule has 0 radical (unpaired) electrons. The molecule has 5 amide bonds. The highest BCUT2D eigenvalue weighted by Gasteiger charge is 2.45. The molecule has 0 spiro atoms. The van der Waals surface area contributed by atoms with Gasteiger partial charge in [-0.05, 0) is 69.3 Å². The first-order valence-electron chi connectivity index (χ1n) is 17.3. The Balaban J connectivity index is 0.911. The molecular formula is C37H38ClN7O6S. The van der Waals surface area contributed by atoms with Crippen molar-refractivity contribution in [3.63, 3.8) is 0 Å². The summed E-state index contributed by atoms with van der Waals surface area (Å²) in [6.45, 7) is 2.23. The van der Waals surface area contributed by atoms with E-state index in [0.29, 0.717) is 46.1 Å². The zero-order valence-corrected chi connectivity index (χ0v) is 30.3. The zero-order valence-electron chi connectivity index (χ0n) is 28.7. The van der Waals surface area contributed by atoms with E-state index in [4.69, 9.17) is 21.3 Å². The topological polar surface area (TPSA) is 163 Å². The molecule has 2 aliphatic heterocycles. The van der Waals surface area contributed by atoms with Crippen LogP contribution in [0.2, 0.25) is 5.02 Å². The summed E-state index contributed by atoms with van der Waals surface area (Å²) in [5, 5.41) is 9.96. The summed E-state index contributed by atoms with van der Waals surface area (Å²) < 4.78 is 6.56. The van der Waals surface area contributed by atoms with E-state index in [0.717, 1.165) is 58.9 Å². The average molecular weight is 744 g/mol. The summed E-state index contributed by atoms with van der Waals surface area (Å²) in [6, 6.07) is 9.43. The third-order valence-electron chi connectivity index (χ3n) is 9.98. The molecule has 1 unspecified atom stereocenters. The number of carbonyl (C=O) groups excluding carboxylic acids is 5. The van der Waals surface area contributed by atoms with Crippen LogP contribution in [0.15, 0.2) is 48.8 Å². The molecule has 270 valence electrons. The van der Waals surface area contributed by atoms with Crippen molar-refractivity contribution in [1.29, 1.82) is 0 Å². The summed E-state index contributed by atoms with van der Waals surface area (Å²) in [4.78, 5) is 75.7. The Morgan fingerprint density at radius 2 is 1.87 bits per heavy atom. The Morgan fingerprint density at radius 1 is 1.06 bits per heavy atom. The molecule has 3 N–H and O–H groups in total. The molecule has 1 aliphatic carbocycles. The normalized spacial score (nSPS) is 20.3. The number of hydrogen-bond donors (Lipinski definition) is 3. The van der Waals surface area contributed by atoms with Gasteiger partial charge in [-0.25, -0.2) is 4.98 Å². The first-order valence-corrected chi connectivity index (χ1v) is 18.5. The second-order valence-corrected chi connectivity index (χ2v) is 15.0. The molecule has 7 rings (SSSR count). The summed E-state index contributed by atoms with van der Waals surface area (Å²) in [5.41, 5.74) is 2.83. The van der Waals surface area contributed by atoms with Gasteiger partial charge in [-0.15, -0.1) is 11.3 Å². The van der Waals surface area contributed by atoms with Crippen molar-refractivity contribution in [2.75, 3.05) is 44.4 Å². The van der Waals surface area contributed by atoms with Crippen LogP contribution in [0.5, 0.6) is 5.75 Å². The fraction of sp³-hybridized carbons (Fsp3) is 0.378. The number of halogens is 1. The highest BCUT2D eigenvalue weighted by Crippen LogP contribution is 2.41. The first kappa shape index (κ1) is 35.5. The van der Waals surface area contributed by atoms with Gasteiger partial charge in [0.25, 0.3) is 17.7 Å². The maximum Gasteiger partial charge on any atom is 0.264 e. The number of hydrogen-bond acceptors (Lipinski definition) is 11. The number of methoxy groups -OCH3 is 1. The maximum absolute atomic E-state index is 13.4. The number of rotatable bonds is 11. The molecule has 2 aromatic carbocycles. The number of nitrogens with one attached hydrogen (secondary N) is 3. The van der Waals surface area contributed by atoms with Gasteiger partial charge in [0.2, 0.25) is 11.8 Å². The first-order chi connectivity index (χ1) is 25.1. The lowest BCUT2D eigenvalue weighted by Crippen LogP contribution is -2.54. The van der Waals surface area contributed by atoms with E-state index in [9.17, 15) is 24.0 Å². The number of amides is 5. The lowest BCUT2D eigenvalue weighted by molar-refractivity contribution is -0.136. The van der Waals surface area contributed by atoms with E-state index in [1.807, 2.05) is 12.1 Å². The molecular weight excluding hydrogens is 706 g/mol. The van der Waals surface area contributed by atoms with Crippen molar-refractivity contribution in [1.82, 2.24) is 25.1 Å². The Hall–Kier alpha value is -4.92. The highest BCUT2D eigenvalue weighted by molar-refractivity contribution is 7.18. The number of carbonyl (C=O) groups is 5. The van der Waals surface area contributed by atoms with Gasteiger partial charge in [0.15, 0.2) is 0 Å². The molecule has 1 atom stereocenters. The largest absolute Gasteiger partial charge is 0.494 e. The highest BCUT2D eigenvalue weighted by atomic mass is 35.5. The van der Waals surface area contributed by atoms with E-state index < -0.39 is 29.7 Å². The molecule has 52 heavy (non-hydrogen) atoms. The zero-order chi connectivity index (χ0) is 36.5. The lowest BCUT2D eigenvalue weighted by atomic mass is 9.82. The van der Waals surface area contributed by atoms with Crippen LogP contribution in [0.25, 0.3) is 10.2 Å². The van der Waals surface area contributed by atoms with Crippen LogP contribution in [-0.2, 0) is 9.59 Å². The molecule has 1 saturated heterocycles. The van der Waals surface area contributed by atoms with Gasteiger partial charge in [-0.1, -0.05) is 17.7 Å². The van der Waals surface area contributed by atoms with Crippen molar-refractivity contribution in [2.24, 2.45) is 5.92 Å². The van der Waals surface area contributed by atoms with E-state index >= 15 is 0 Å². The molecule has 3 aliphatic rings. The summed E-state index contributed by atoms with van der Waals surface area (Å²) in [7, 11) is 3.65. The molecule has 13 nitrogen and oxygen atoms in total. The average Bonchev–Trinajstić information content (AvgIpc) is 3.66. The van der Waals surface area contributed by atoms with E-state index in [2.05, 4.69) is 32.9 Å². The number of pyridine rings is 1. The van der Waals surface area contributed by atoms with Gasteiger partial charge in [-0.3, -0.25) is 39.2 Å². The van der Waals surface area contributed by atoms with Gasteiger partial charge in [0.1, 0.15) is 11.8 Å². The fourth-order valence-corrected chi connectivity index (χ4v) is 8.64. The SMILES string of the molecule is COc1cc2nc(C3CCC(CN(C)CCNc4cccc5c4C(=O)N(C4CCC(=O)NC4=O)C5=O)CC3)sc2cc1NC(=O)c1cncc(Cl)c1. The van der Waals surface area contributed by atoms with Gasteiger partial charge >= 0.3 is 0 Å².